The van der Waals surface area contributed by atoms with Crippen LogP contribution in [-0.2, 0) is 26.0 Å². The monoisotopic (exact) mass is 332 g/mol. The minimum Gasteiger partial charge on any atom is -0.300 e. The molecule has 0 N–H and O–H groups in total. The molecule has 2 aromatic heterocycles. The van der Waals surface area contributed by atoms with Crippen LogP contribution >= 0.6 is 11.8 Å². The maximum Gasteiger partial charge on any atom is 0.433 e. The Kier molecular flexibility index (Phi) is 4.40. The van der Waals surface area contributed by atoms with Crippen molar-refractivity contribution in [3.63, 3.8) is 0 Å². The minimum atomic E-state index is -4.55. The van der Waals surface area contributed by atoms with E-state index >= 15 is 0 Å². The van der Waals surface area contributed by atoms with Crippen LogP contribution in [0, 0.1) is 0 Å². The number of alkyl halides is 3. The number of hydrogen-bond donors (Lipinski definition) is 0. The number of rotatable bonds is 3. The topological polar surface area (TPSA) is 69.8 Å². The van der Waals surface area contributed by atoms with Gasteiger partial charge in [0.15, 0.2) is 5.16 Å². The lowest BCUT2D eigenvalue weighted by Crippen LogP contribution is -2.37. The van der Waals surface area contributed by atoms with Gasteiger partial charge in [-0.2, -0.15) is 13.2 Å². The normalized spacial score (nSPS) is 11.7. The van der Waals surface area contributed by atoms with Crippen LogP contribution in [0.5, 0.6) is 0 Å². The van der Waals surface area contributed by atoms with Gasteiger partial charge in [0.1, 0.15) is 5.69 Å². The molecule has 0 fully saturated rings. The van der Waals surface area contributed by atoms with Gasteiger partial charge in [-0.05, 0) is 6.07 Å². The Balaban J connectivity index is 2.25. The molecule has 2 aromatic rings. The molecule has 6 nitrogen and oxygen atoms in total. The molecule has 0 bridgehead atoms. The molecule has 0 aromatic carbocycles. The van der Waals surface area contributed by atoms with Crippen LogP contribution in [0.25, 0.3) is 0 Å². The molecule has 10 heteroatoms. The highest BCUT2D eigenvalue weighted by Gasteiger charge is 2.32. The Hall–Kier alpha value is -2.10. The SMILES string of the molecule is Cn1c(CSc2nccc(C(F)(F)F)n2)cc(=O)n(C)c1=O. The molecule has 118 valence electrons. The van der Waals surface area contributed by atoms with Crippen LogP contribution in [0.15, 0.2) is 33.1 Å². The van der Waals surface area contributed by atoms with Gasteiger partial charge in [0.2, 0.25) is 0 Å². The average Bonchev–Trinajstić information content (AvgIpc) is 2.47. The van der Waals surface area contributed by atoms with Crippen molar-refractivity contribution in [3.8, 4) is 0 Å². The van der Waals surface area contributed by atoms with Crippen LogP contribution in [-0.4, -0.2) is 19.1 Å². The molecule has 0 spiro atoms. The highest BCUT2D eigenvalue weighted by atomic mass is 32.2. The molecular weight excluding hydrogens is 321 g/mol. The lowest BCUT2D eigenvalue weighted by atomic mass is 10.4. The quantitative estimate of drug-likeness (QED) is 0.624. The van der Waals surface area contributed by atoms with E-state index in [1.165, 1.54) is 24.7 Å². The largest absolute Gasteiger partial charge is 0.433 e. The third-order valence-electron chi connectivity index (χ3n) is 2.90. The predicted molar refractivity (Wildman–Crippen MR) is 73.5 cm³/mol. The summed E-state index contributed by atoms with van der Waals surface area (Å²) in [5, 5.41) is -0.0806. The highest BCUT2D eigenvalue weighted by molar-refractivity contribution is 7.98. The first kappa shape index (κ1) is 16.3. The highest BCUT2D eigenvalue weighted by Crippen LogP contribution is 2.28. The van der Waals surface area contributed by atoms with Gasteiger partial charge < -0.3 is 0 Å². The Labute approximate surface area is 126 Å². The van der Waals surface area contributed by atoms with Gasteiger partial charge in [-0.3, -0.25) is 13.9 Å². The van der Waals surface area contributed by atoms with Crippen molar-refractivity contribution in [2.24, 2.45) is 14.1 Å². The molecule has 0 saturated carbocycles. The second-order valence-electron chi connectivity index (χ2n) is 4.39. The molecule has 0 aliphatic rings. The van der Waals surface area contributed by atoms with Crippen molar-refractivity contribution in [3.05, 3.63) is 50.6 Å². The molecular formula is C12H11F3N4O2S. The first-order valence-corrected chi connectivity index (χ1v) is 6.97. The summed E-state index contributed by atoms with van der Waals surface area (Å²) < 4.78 is 39.9. The van der Waals surface area contributed by atoms with Crippen LogP contribution in [0.3, 0.4) is 0 Å². The van der Waals surface area contributed by atoms with Crippen molar-refractivity contribution in [2.45, 2.75) is 17.1 Å². The van der Waals surface area contributed by atoms with E-state index in [-0.39, 0.29) is 10.9 Å². The molecule has 0 unspecified atom stereocenters. The maximum absolute atomic E-state index is 12.6. The molecule has 0 aliphatic carbocycles. The Morgan fingerprint density at radius 3 is 2.55 bits per heavy atom. The fourth-order valence-corrected chi connectivity index (χ4v) is 2.48. The number of hydrogen-bond acceptors (Lipinski definition) is 5. The van der Waals surface area contributed by atoms with E-state index in [0.717, 1.165) is 28.6 Å². The first-order valence-electron chi connectivity index (χ1n) is 5.99. The molecule has 0 atom stereocenters. The third-order valence-corrected chi connectivity index (χ3v) is 3.79. The standard InChI is InChI=1S/C12H11F3N4O2S/c1-18-7(5-9(20)19(2)11(18)21)6-22-10-16-4-3-8(17-10)12(13,14)15/h3-5H,6H2,1-2H3. The van der Waals surface area contributed by atoms with Gasteiger partial charge in [-0.1, -0.05) is 11.8 Å². The molecule has 22 heavy (non-hydrogen) atoms. The van der Waals surface area contributed by atoms with Crippen molar-refractivity contribution in [1.29, 1.82) is 0 Å². The van der Waals surface area contributed by atoms with Crippen molar-refractivity contribution < 1.29 is 13.2 Å². The summed E-state index contributed by atoms with van der Waals surface area (Å²) in [6.07, 6.45) is -3.53. The lowest BCUT2D eigenvalue weighted by Gasteiger charge is -2.09. The van der Waals surface area contributed by atoms with Gasteiger partial charge in [-0.15, -0.1) is 0 Å². The predicted octanol–water partition coefficient (Wildman–Crippen LogP) is 1.19. The van der Waals surface area contributed by atoms with Gasteiger partial charge in [0.25, 0.3) is 5.56 Å². The van der Waals surface area contributed by atoms with E-state index in [0.29, 0.717) is 5.69 Å². The van der Waals surface area contributed by atoms with E-state index in [1.807, 2.05) is 0 Å². The van der Waals surface area contributed by atoms with E-state index in [9.17, 15) is 22.8 Å². The summed E-state index contributed by atoms with van der Waals surface area (Å²) in [6.45, 7) is 0. The Morgan fingerprint density at radius 1 is 1.23 bits per heavy atom. The summed E-state index contributed by atoms with van der Waals surface area (Å²) in [4.78, 5) is 30.5. The van der Waals surface area contributed by atoms with E-state index < -0.39 is 23.1 Å². The fraction of sp³-hybridized carbons (Fsp3) is 0.333. The molecule has 0 amide bonds. The van der Waals surface area contributed by atoms with Crippen molar-refractivity contribution in [1.82, 2.24) is 19.1 Å². The third kappa shape index (κ3) is 3.38. The second-order valence-corrected chi connectivity index (χ2v) is 5.33. The smallest absolute Gasteiger partial charge is 0.300 e. The number of halogens is 3. The summed E-state index contributed by atoms with van der Waals surface area (Å²) >= 11 is 0.911. The Bertz CT molecular complexity index is 813. The second kappa shape index (κ2) is 5.95. The van der Waals surface area contributed by atoms with Crippen LogP contribution in [0.4, 0.5) is 13.2 Å². The Morgan fingerprint density at radius 2 is 1.91 bits per heavy atom. The van der Waals surface area contributed by atoms with Crippen LogP contribution < -0.4 is 11.2 Å². The van der Waals surface area contributed by atoms with Crippen LogP contribution in [0.2, 0.25) is 0 Å². The zero-order chi connectivity index (χ0) is 16.5. The summed E-state index contributed by atoms with van der Waals surface area (Å²) in [6, 6.07) is 2.03. The molecule has 0 aliphatic heterocycles. The van der Waals surface area contributed by atoms with Crippen LogP contribution in [0.1, 0.15) is 11.4 Å². The summed E-state index contributed by atoms with van der Waals surface area (Å²) in [5.74, 6) is 0.100. The average molecular weight is 332 g/mol. The van der Waals surface area contributed by atoms with Crippen molar-refractivity contribution in [2.75, 3.05) is 0 Å². The zero-order valence-corrected chi connectivity index (χ0v) is 12.4. The molecule has 0 saturated heterocycles. The number of nitrogens with zero attached hydrogens (tertiary/aromatic N) is 4. The molecule has 2 rings (SSSR count). The van der Waals surface area contributed by atoms with Gasteiger partial charge >= 0.3 is 11.9 Å². The molecule has 2 heterocycles. The lowest BCUT2D eigenvalue weighted by molar-refractivity contribution is -0.141. The first-order chi connectivity index (χ1) is 10.2. The van der Waals surface area contributed by atoms with E-state index in [4.69, 9.17) is 0 Å². The van der Waals surface area contributed by atoms with E-state index in [1.54, 1.807) is 0 Å². The van der Waals surface area contributed by atoms with E-state index in [2.05, 4.69) is 9.97 Å². The number of aromatic nitrogens is 4. The number of thioether (sulfide) groups is 1. The fourth-order valence-electron chi connectivity index (χ4n) is 1.62. The van der Waals surface area contributed by atoms with Gasteiger partial charge in [0.05, 0.1) is 0 Å². The van der Waals surface area contributed by atoms with Crippen molar-refractivity contribution >= 4 is 11.8 Å². The molecule has 0 radical (unpaired) electrons. The van der Waals surface area contributed by atoms with Gasteiger partial charge in [-0.25, -0.2) is 14.8 Å². The van der Waals surface area contributed by atoms with Gasteiger partial charge in [0, 0.05) is 37.8 Å². The summed E-state index contributed by atoms with van der Waals surface area (Å²) in [7, 11) is 2.82. The zero-order valence-electron chi connectivity index (χ0n) is 11.6. The minimum absolute atomic E-state index is 0.0806. The summed E-state index contributed by atoms with van der Waals surface area (Å²) in [5.41, 5.74) is -1.65. The maximum atomic E-state index is 12.6.